The first-order chi connectivity index (χ1) is 8.59. The van der Waals surface area contributed by atoms with Gasteiger partial charge in [-0.1, -0.05) is 30.3 Å². The Labute approximate surface area is 115 Å². The number of hydrogen-bond acceptors (Lipinski definition) is 1. The first kappa shape index (κ1) is 13.9. The molecule has 0 spiro atoms. The summed E-state index contributed by atoms with van der Waals surface area (Å²) < 4.78 is 6.06. The molecule has 0 radical (unpaired) electrons. The Morgan fingerprint density at radius 3 is 2.61 bits per heavy atom. The van der Waals surface area contributed by atoms with E-state index in [2.05, 4.69) is 44.2 Å². The maximum Gasteiger partial charge on any atom is 0.0631 e. The van der Waals surface area contributed by atoms with E-state index in [0.29, 0.717) is 12.0 Å². The van der Waals surface area contributed by atoms with Crippen molar-refractivity contribution in [1.82, 2.24) is 0 Å². The molecular weight excluding hydrogens is 244 g/mol. The van der Waals surface area contributed by atoms with Gasteiger partial charge in [-0.2, -0.15) is 0 Å². The third-order valence-electron chi connectivity index (χ3n) is 3.74. The van der Waals surface area contributed by atoms with Crippen molar-refractivity contribution in [3.05, 3.63) is 35.9 Å². The van der Waals surface area contributed by atoms with E-state index < -0.39 is 0 Å². The van der Waals surface area contributed by atoms with E-state index in [0.717, 1.165) is 25.1 Å². The van der Waals surface area contributed by atoms with Crippen molar-refractivity contribution in [2.75, 3.05) is 5.88 Å². The molecule has 2 heteroatoms. The van der Waals surface area contributed by atoms with Crippen LogP contribution in [-0.4, -0.2) is 17.6 Å². The van der Waals surface area contributed by atoms with Gasteiger partial charge in [-0.05, 0) is 51.0 Å². The molecule has 1 fully saturated rings. The van der Waals surface area contributed by atoms with Crippen LogP contribution >= 0.6 is 11.6 Å². The van der Waals surface area contributed by atoms with Crippen LogP contribution in [0.15, 0.2) is 30.3 Å². The van der Waals surface area contributed by atoms with Gasteiger partial charge in [-0.25, -0.2) is 0 Å². The van der Waals surface area contributed by atoms with Crippen LogP contribution in [0.1, 0.15) is 38.7 Å². The SMILES string of the molecule is CC1(C)CCC(CC(CCl)Cc2ccccc2)O1. The molecule has 1 aliphatic heterocycles. The first-order valence-electron chi connectivity index (χ1n) is 6.87. The van der Waals surface area contributed by atoms with Gasteiger partial charge >= 0.3 is 0 Å². The van der Waals surface area contributed by atoms with Crippen LogP contribution in [0.4, 0.5) is 0 Å². The molecule has 1 saturated heterocycles. The Hall–Kier alpha value is -0.530. The van der Waals surface area contributed by atoms with Crippen molar-refractivity contribution in [1.29, 1.82) is 0 Å². The summed E-state index contributed by atoms with van der Waals surface area (Å²) in [5, 5.41) is 0. The van der Waals surface area contributed by atoms with Gasteiger partial charge in [-0.15, -0.1) is 11.6 Å². The highest BCUT2D eigenvalue weighted by molar-refractivity contribution is 6.18. The Kier molecular flexibility index (Phi) is 4.69. The Morgan fingerprint density at radius 1 is 1.33 bits per heavy atom. The minimum atomic E-state index is 0.0638. The van der Waals surface area contributed by atoms with E-state index >= 15 is 0 Å². The van der Waals surface area contributed by atoms with Gasteiger partial charge in [-0.3, -0.25) is 0 Å². The van der Waals surface area contributed by atoms with Gasteiger partial charge in [0.25, 0.3) is 0 Å². The van der Waals surface area contributed by atoms with E-state index in [1.165, 1.54) is 12.0 Å². The minimum absolute atomic E-state index is 0.0638. The van der Waals surface area contributed by atoms with Crippen LogP contribution in [0.25, 0.3) is 0 Å². The summed E-state index contributed by atoms with van der Waals surface area (Å²) in [6.45, 7) is 4.36. The average Bonchev–Trinajstić information content (AvgIpc) is 2.69. The molecule has 0 saturated carbocycles. The van der Waals surface area contributed by atoms with E-state index in [1.807, 2.05) is 0 Å². The molecule has 2 atom stereocenters. The van der Waals surface area contributed by atoms with Gasteiger partial charge in [0, 0.05) is 5.88 Å². The van der Waals surface area contributed by atoms with Crippen molar-refractivity contribution in [2.45, 2.75) is 51.2 Å². The third kappa shape index (κ3) is 4.00. The summed E-state index contributed by atoms with van der Waals surface area (Å²) in [5.74, 6) is 1.24. The summed E-state index contributed by atoms with van der Waals surface area (Å²) in [6.07, 6.45) is 4.88. The fourth-order valence-corrected chi connectivity index (χ4v) is 3.00. The summed E-state index contributed by atoms with van der Waals surface area (Å²) >= 11 is 6.11. The standard InChI is InChI=1S/C16H23ClO/c1-16(2)9-8-15(18-16)11-14(12-17)10-13-6-4-3-5-7-13/h3-7,14-15H,8-12H2,1-2H3. The second-order valence-electron chi connectivity index (χ2n) is 5.98. The number of benzene rings is 1. The topological polar surface area (TPSA) is 9.23 Å². The fourth-order valence-electron chi connectivity index (χ4n) is 2.76. The van der Waals surface area contributed by atoms with E-state index in [1.54, 1.807) is 0 Å². The summed E-state index contributed by atoms with van der Waals surface area (Å²) in [7, 11) is 0. The second kappa shape index (κ2) is 6.08. The van der Waals surface area contributed by atoms with Gasteiger partial charge < -0.3 is 4.74 Å². The van der Waals surface area contributed by atoms with E-state index in [-0.39, 0.29) is 5.60 Å². The molecule has 2 rings (SSSR count). The summed E-state index contributed by atoms with van der Waals surface area (Å²) in [5.41, 5.74) is 1.44. The Bertz CT molecular complexity index is 361. The van der Waals surface area contributed by atoms with Crippen LogP contribution in [0.2, 0.25) is 0 Å². The van der Waals surface area contributed by atoms with E-state index in [9.17, 15) is 0 Å². The van der Waals surface area contributed by atoms with Crippen molar-refractivity contribution >= 4 is 11.6 Å². The molecule has 1 aromatic rings. The minimum Gasteiger partial charge on any atom is -0.372 e. The highest BCUT2D eigenvalue weighted by atomic mass is 35.5. The molecule has 0 bridgehead atoms. The lowest BCUT2D eigenvalue weighted by atomic mass is 9.94. The lowest BCUT2D eigenvalue weighted by molar-refractivity contribution is -0.0234. The summed E-state index contributed by atoms with van der Waals surface area (Å²) in [4.78, 5) is 0. The maximum absolute atomic E-state index is 6.11. The molecule has 1 aromatic carbocycles. The van der Waals surface area contributed by atoms with Crippen molar-refractivity contribution in [3.8, 4) is 0 Å². The van der Waals surface area contributed by atoms with Crippen molar-refractivity contribution in [2.24, 2.45) is 5.92 Å². The van der Waals surface area contributed by atoms with Crippen molar-refractivity contribution in [3.63, 3.8) is 0 Å². The number of hydrogen-bond donors (Lipinski definition) is 0. The normalized spacial score (nSPS) is 24.1. The molecule has 100 valence electrons. The monoisotopic (exact) mass is 266 g/mol. The number of ether oxygens (including phenoxy) is 1. The Morgan fingerprint density at radius 2 is 2.06 bits per heavy atom. The van der Waals surface area contributed by atoms with Crippen LogP contribution < -0.4 is 0 Å². The smallest absolute Gasteiger partial charge is 0.0631 e. The zero-order valence-corrected chi connectivity index (χ0v) is 12.1. The lowest BCUT2D eigenvalue weighted by Gasteiger charge is -2.22. The molecule has 0 aliphatic carbocycles. The van der Waals surface area contributed by atoms with Crippen LogP contribution in [-0.2, 0) is 11.2 Å². The number of halogens is 1. The predicted molar refractivity (Wildman–Crippen MR) is 77.2 cm³/mol. The predicted octanol–water partition coefficient (Wildman–Crippen LogP) is 4.43. The molecule has 1 nitrogen and oxygen atoms in total. The van der Waals surface area contributed by atoms with Crippen LogP contribution in [0.5, 0.6) is 0 Å². The summed E-state index contributed by atoms with van der Waals surface area (Å²) in [6, 6.07) is 10.6. The molecule has 0 N–H and O–H groups in total. The molecular formula is C16H23ClO. The molecule has 0 aromatic heterocycles. The van der Waals surface area contributed by atoms with Gasteiger partial charge in [0.15, 0.2) is 0 Å². The molecule has 1 aliphatic rings. The quantitative estimate of drug-likeness (QED) is 0.717. The van der Waals surface area contributed by atoms with Crippen LogP contribution in [0, 0.1) is 5.92 Å². The average molecular weight is 267 g/mol. The largest absolute Gasteiger partial charge is 0.372 e. The van der Waals surface area contributed by atoms with Crippen LogP contribution in [0.3, 0.4) is 0 Å². The lowest BCUT2D eigenvalue weighted by Crippen LogP contribution is -2.22. The highest BCUT2D eigenvalue weighted by Crippen LogP contribution is 2.33. The van der Waals surface area contributed by atoms with Gasteiger partial charge in [0.1, 0.15) is 0 Å². The van der Waals surface area contributed by atoms with Crippen molar-refractivity contribution < 1.29 is 4.74 Å². The maximum atomic E-state index is 6.11. The fraction of sp³-hybridized carbons (Fsp3) is 0.625. The van der Waals surface area contributed by atoms with E-state index in [4.69, 9.17) is 16.3 Å². The van der Waals surface area contributed by atoms with Gasteiger partial charge in [0.2, 0.25) is 0 Å². The second-order valence-corrected chi connectivity index (χ2v) is 6.29. The van der Waals surface area contributed by atoms with Gasteiger partial charge in [0.05, 0.1) is 11.7 Å². The highest BCUT2D eigenvalue weighted by Gasteiger charge is 2.32. The zero-order valence-electron chi connectivity index (χ0n) is 11.4. The Balaban J connectivity index is 1.87. The number of rotatable bonds is 5. The molecule has 0 amide bonds. The molecule has 2 unspecified atom stereocenters. The molecule has 18 heavy (non-hydrogen) atoms. The third-order valence-corrected chi connectivity index (χ3v) is 4.17. The molecule has 1 heterocycles. The number of alkyl halides is 1. The first-order valence-corrected chi connectivity index (χ1v) is 7.40. The zero-order chi connectivity index (χ0) is 13.0.